The van der Waals surface area contributed by atoms with Gasteiger partial charge >= 0.3 is 0 Å². The third-order valence-corrected chi connectivity index (χ3v) is 5.84. The normalized spacial score (nSPS) is 28.1. The van der Waals surface area contributed by atoms with Crippen molar-refractivity contribution >= 4 is 10.2 Å². The van der Waals surface area contributed by atoms with E-state index in [0.717, 1.165) is 25.9 Å². The Bertz CT molecular complexity index is 351. The van der Waals surface area contributed by atoms with Gasteiger partial charge in [0, 0.05) is 39.3 Å². The van der Waals surface area contributed by atoms with E-state index >= 15 is 0 Å². The van der Waals surface area contributed by atoms with Crippen LogP contribution in [-0.2, 0) is 10.2 Å². The summed E-state index contributed by atoms with van der Waals surface area (Å²) in [5.74, 6) is 0. The fourth-order valence-corrected chi connectivity index (χ4v) is 3.98. The summed E-state index contributed by atoms with van der Waals surface area (Å²) in [6.07, 6.45) is 1.91. The van der Waals surface area contributed by atoms with Gasteiger partial charge in [-0.1, -0.05) is 13.8 Å². The zero-order valence-electron chi connectivity index (χ0n) is 10.8. The molecule has 0 radical (unpaired) electrons. The smallest absolute Gasteiger partial charge is 0.282 e. The lowest BCUT2D eigenvalue weighted by molar-refractivity contribution is 0.185. The van der Waals surface area contributed by atoms with Gasteiger partial charge in [0.05, 0.1) is 0 Å². The lowest BCUT2D eigenvalue weighted by Crippen LogP contribution is -2.53. The van der Waals surface area contributed by atoms with E-state index in [4.69, 9.17) is 0 Å². The number of hydrogen-bond donors (Lipinski definition) is 1. The van der Waals surface area contributed by atoms with Crippen molar-refractivity contribution in [3.63, 3.8) is 0 Å². The maximum atomic E-state index is 12.4. The Kier molecular flexibility index (Phi) is 3.77. The lowest BCUT2D eigenvalue weighted by atomic mass is 9.83. The van der Waals surface area contributed by atoms with Crippen LogP contribution in [0.2, 0.25) is 0 Å². The van der Waals surface area contributed by atoms with Gasteiger partial charge in [0.25, 0.3) is 10.2 Å². The van der Waals surface area contributed by atoms with E-state index in [1.807, 2.05) is 0 Å². The van der Waals surface area contributed by atoms with Crippen LogP contribution in [0.4, 0.5) is 0 Å². The molecule has 0 saturated carbocycles. The van der Waals surface area contributed by atoms with E-state index in [1.54, 1.807) is 8.61 Å². The van der Waals surface area contributed by atoms with Crippen molar-refractivity contribution in [2.75, 3.05) is 39.3 Å². The highest BCUT2D eigenvalue weighted by molar-refractivity contribution is 7.86. The molecule has 0 amide bonds. The van der Waals surface area contributed by atoms with Crippen molar-refractivity contribution < 1.29 is 8.42 Å². The summed E-state index contributed by atoms with van der Waals surface area (Å²) in [5.41, 5.74) is 0.287. The molecule has 5 nitrogen and oxygen atoms in total. The molecule has 0 aliphatic carbocycles. The number of hydrogen-bond acceptors (Lipinski definition) is 3. The highest BCUT2D eigenvalue weighted by Gasteiger charge is 2.35. The summed E-state index contributed by atoms with van der Waals surface area (Å²) in [5, 5.41) is 3.18. The standard InChI is InChI=1S/C11H23N3O2S/c1-11(2)3-7-13(8-4-11)17(15,16)14-9-5-12-6-10-14/h12H,3-10H2,1-2H3. The minimum absolute atomic E-state index is 0.287. The van der Waals surface area contributed by atoms with Crippen LogP contribution >= 0.6 is 0 Å². The molecular formula is C11H23N3O2S. The highest BCUT2D eigenvalue weighted by atomic mass is 32.2. The molecule has 6 heteroatoms. The maximum Gasteiger partial charge on any atom is 0.282 e. The van der Waals surface area contributed by atoms with Crippen molar-refractivity contribution in [1.29, 1.82) is 0 Å². The molecule has 2 heterocycles. The van der Waals surface area contributed by atoms with Gasteiger partial charge in [-0.3, -0.25) is 0 Å². The third kappa shape index (κ3) is 2.99. The van der Waals surface area contributed by atoms with E-state index in [2.05, 4.69) is 19.2 Å². The van der Waals surface area contributed by atoms with Crippen LogP contribution in [0.25, 0.3) is 0 Å². The second-order valence-electron chi connectivity index (χ2n) is 5.72. The van der Waals surface area contributed by atoms with Crippen LogP contribution in [0.1, 0.15) is 26.7 Å². The van der Waals surface area contributed by atoms with E-state index in [-0.39, 0.29) is 5.41 Å². The minimum Gasteiger partial charge on any atom is -0.314 e. The fourth-order valence-electron chi connectivity index (χ4n) is 2.36. The molecule has 0 spiro atoms. The Morgan fingerprint density at radius 1 is 0.941 bits per heavy atom. The van der Waals surface area contributed by atoms with Gasteiger partial charge in [0.15, 0.2) is 0 Å². The van der Waals surface area contributed by atoms with Gasteiger partial charge in [0.2, 0.25) is 0 Å². The molecule has 2 aliphatic rings. The van der Waals surface area contributed by atoms with Crippen molar-refractivity contribution in [1.82, 2.24) is 13.9 Å². The third-order valence-electron chi connectivity index (χ3n) is 3.80. The fraction of sp³-hybridized carbons (Fsp3) is 1.00. The first-order valence-corrected chi connectivity index (χ1v) is 7.77. The molecule has 0 bridgehead atoms. The molecule has 0 aromatic rings. The first-order valence-electron chi connectivity index (χ1n) is 6.38. The Balaban J connectivity index is 2.01. The summed E-state index contributed by atoms with van der Waals surface area (Å²) in [4.78, 5) is 0. The van der Waals surface area contributed by atoms with Crippen LogP contribution in [0.5, 0.6) is 0 Å². The SMILES string of the molecule is CC1(C)CCN(S(=O)(=O)N2CCNCC2)CC1. The van der Waals surface area contributed by atoms with Gasteiger partial charge in [-0.05, 0) is 18.3 Å². The average Bonchev–Trinajstić information content (AvgIpc) is 2.29. The van der Waals surface area contributed by atoms with Crippen LogP contribution < -0.4 is 5.32 Å². The topological polar surface area (TPSA) is 52.7 Å². The largest absolute Gasteiger partial charge is 0.314 e. The Morgan fingerprint density at radius 2 is 1.41 bits per heavy atom. The van der Waals surface area contributed by atoms with Crippen molar-refractivity contribution in [3.8, 4) is 0 Å². The van der Waals surface area contributed by atoms with E-state index in [9.17, 15) is 8.42 Å². The minimum atomic E-state index is -3.21. The Hall–Kier alpha value is -0.170. The first-order chi connectivity index (χ1) is 7.92. The number of nitrogens with one attached hydrogen (secondary N) is 1. The molecule has 0 unspecified atom stereocenters. The molecule has 2 fully saturated rings. The predicted octanol–water partition coefficient (Wildman–Crippen LogP) is 0.258. The summed E-state index contributed by atoms with van der Waals surface area (Å²) in [6.45, 7) is 8.48. The number of piperazine rings is 1. The number of piperidine rings is 1. The molecular weight excluding hydrogens is 238 g/mol. The van der Waals surface area contributed by atoms with Crippen molar-refractivity contribution in [2.24, 2.45) is 5.41 Å². The zero-order chi connectivity index (χ0) is 12.5. The van der Waals surface area contributed by atoms with Crippen LogP contribution in [-0.4, -0.2) is 56.3 Å². The molecule has 2 rings (SSSR count). The highest BCUT2D eigenvalue weighted by Crippen LogP contribution is 2.31. The predicted molar refractivity (Wildman–Crippen MR) is 68.0 cm³/mol. The lowest BCUT2D eigenvalue weighted by Gasteiger charge is -2.39. The van der Waals surface area contributed by atoms with Crippen LogP contribution in [0, 0.1) is 5.41 Å². The molecule has 0 aromatic carbocycles. The molecule has 0 atom stereocenters. The molecule has 2 saturated heterocycles. The van der Waals surface area contributed by atoms with E-state index < -0.39 is 10.2 Å². The van der Waals surface area contributed by atoms with Gasteiger partial charge in [0.1, 0.15) is 0 Å². The molecule has 17 heavy (non-hydrogen) atoms. The second-order valence-corrected chi connectivity index (χ2v) is 7.65. The summed E-state index contributed by atoms with van der Waals surface area (Å²) >= 11 is 0. The monoisotopic (exact) mass is 261 g/mol. The van der Waals surface area contributed by atoms with Gasteiger partial charge in [-0.25, -0.2) is 0 Å². The molecule has 0 aromatic heterocycles. The van der Waals surface area contributed by atoms with E-state index in [0.29, 0.717) is 26.2 Å². The quantitative estimate of drug-likeness (QED) is 0.776. The summed E-state index contributed by atoms with van der Waals surface area (Å²) in [6, 6.07) is 0. The summed E-state index contributed by atoms with van der Waals surface area (Å²) < 4.78 is 28.0. The van der Waals surface area contributed by atoms with Gasteiger partial charge in [-0.2, -0.15) is 17.0 Å². The van der Waals surface area contributed by atoms with Crippen LogP contribution in [0.3, 0.4) is 0 Å². The number of rotatable bonds is 2. The van der Waals surface area contributed by atoms with Crippen molar-refractivity contribution in [3.05, 3.63) is 0 Å². The Labute approximate surface area is 104 Å². The zero-order valence-corrected chi connectivity index (χ0v) is 11.6. The molecule has 1 N–H and O–H groups in total. The molecule has 2 aliphatic heterocycles. The number of nitrogens with zero attached hydrogens (tertiary/aromatic N) is 2. The summed E-state index contributed by atoms with van der Waals surface area (Å²) in [7, 11) is -3.21. The Morgan fingerprint density at radius 3 is 1.94 bits per heavy atom. The van der Waals surface area contributed by atoms with Crippen molar-refractivity contribution in [2.45, 2.75) is 26.7 Å². The maximum absolute atomic E-state index is 12.4. The molecule has 100 valence electrons. The average molecular weight is 261 g/mol. The first kappa shape index (κ1) is 13.3. The van der Waals surface area contributed by atoms with E-state index in [1.165, 1.54) is 0 Å². The van der Waals surface area contributed by atoms with Crippen LogP contribution in [0.15, 0.2) is 0 Å². The second kappa shape index (κ2) is 4.84. The van der Waals surface area contributed by atoms with Gasteiger partial charge in [-0.15, -0.1) is 0 Å². The van der Waals surface area contributed by atoms with Gasteiger partial charge < -0.3 is 5.32 Å².